The average molecular weight is 261 g/mol. The highest BCUT2D eigenvalue weighted by Crippen LogP contribution is 2.36. The predicted molar refractivity (Wildman–Crippen MR) is 44.0 cm³/mol. The zero-order valence-corrected chi connectivity index (χ0v) is 8.14. The molecule has 0 aromatic heterocycles. The Balaban J connectivity index is 3.62. The van der Waals surface area contributed by atoms with Gasteiger partial charge in [0, 0.05) is 5.56 Å². The Morgan fingerprint density at radius 3 is 1.76 bits per heavy atom. The minimum absolute atomic E-state index is 0.407. The zero-order valence-electron chi connectivity index (χ0n) is 8.14. The van der Waals surface area contributed by atoms with Crippen LogP contribution in [0, 0.1) is 23.3 Å². The summed E-state index contributed by atoms with van der Waals surface area (Å²) in [5, 5.41) is 0. The molecule has 0 aliphatic carbocycles. The Kier molecular flexibility index (Phi) is 3.65. The van der Waals surface area contributed by atoms with Crippen LogP contribution in [0.5, 0.6) is 0 Å². The molecule has 0 fully saturated rings. The molecule has 0 radical (unpaired) electrons. The second-order valence-corrected chi connectivity index (χ2v) is 3.15. The third kappa shape index (κ3) is 2.36. The summed E-state index contributed by atoms with van der Waals surface area (Å²) in [6, 6.07) is 0. The number of hydrogen-bond acceptors (Lipinski definition) is 1. The van der Waals surface area contributed by atoms with Crippen LogP contribution >= 0.6 is 0 Å². The van der Waals surface area contributed by atoms with Crippen molar-refractivity contribution in [2.45, 2.75) is 12.6 Å². The van der Waals surface area contributed by atoms with Crippen LogP contribution in [-0.2, 0) is 12.6 Å². The molecule has 0 unspecified atom stereocenters. The van der Waals surface area contributed by atoms with Crippen LogP contribution in [0.15, 0.2) is 0 Å². The van der Waals surface area contributed by atoms with Crippen molar-refractivity contribution in [1.29, 1.82) is 0 Å². The lowest BCUT2D eigenvalue weighted by Crippen LogP contribution is -2.18. The van der Waals surface area contributed by atoms with Crippen molar-refractivity contribution < 1.29 is 30.7 Å². The highest BCUT2D eigenvalue weighted by molar-refractivity contribution is 5.32. The van der Waals surface area contributed by atoms with Crippen LogP contribution in [0.25, 0.3) is 0 Å². The molecule has 1 aromatic carbocycles. The van der Waals surface area contributed by atoms with Gasteiger partial charge >= 0.3 is 6.18 Å². The molecule has 96 valence electrons. The molecule has 2 N–H and O–H groups in total. The number of alkyl halides is 3. The van der Waals surface area contributed by atoms with Gasteiger partial charge in [-0.2, -0.15) is 13.2 Å². The van der Waals surface area contributed by atoms with Crippen molar-refractivity contribution in [3.63, 3.8) is 0 Å². The van der Waals surface area contributed by atoms with Gasteiger partial charge in [0.1, 0.15) is 11.4 Å². The summed E-state index contributed by atoms with van der Waals surface area (Å²) in [5.74, 6) is -9.10. The van der Waals surface area contributed by atoms with Crippen LogP contribution in [0.1, 0.15) is 11.1 Å². The number of rotatable bonds is 2. The number of nitrogens with two attached hydrogens (primary N) is 1. The number of hydrogen-bond donors (Lipinski definition) is 1. The van der Waals surface area contributed by atoms with E-state index >= 15 is 0 Å². The highest BCUT2D eigenvalue weighted by atomic mass is 19.4. The molecule has 8 heteroatoms. The van der Waals surface area contributed by atoms with Crippen LogP contribution in [0.3, 0.4) is 0 Å². The van der Waals surface area contributed by atoms with E-state index in [-0.39, 0.29) is 0 Å². The van der Waals surface area contributed by atoms with Gasteiger partial charge in [-0.05, 0) is 13.0 Å². The molecule has 1 rings (SSSR count). The van der Waals surface area contributed by atoms with E-state index in [4.69, 9.17) is 5.73 Å². The van der Waals surface area contributed by atoms with Crippen molar-refractivity contribution in [3.05, 3.63) is 34.4 Å². The van der Waals surface area contributed by atoms with Gasteiger partial charge in [0.05, 0.1) is 0 Å². The summed E-state index contributed by atoms with van der Waals surface area (Å²) in [4.78, 5) is 0. The molecule has 1 aromatic rings. The predicted octanol–water partition coefficient (Wildman–Crippen LogP) is 2.76. The van der Waals surface area contributed by atoms with Gasteiger partial charge in [0.2, 0.25) is 0 Å². The van der Waals surface area contributed by atoms with Crippen LogP contribution < -0.4 is 5.73 Å². The van der Waals surface area contributed by atoms with E-state index in [0.29, 0.717) is 0 Å². The molecular weight excluding hydrogens is 255 g/mol. The Bertz CT molecular complexity index is 438. The fourth-order valence-corrected chi connectivity index (χ4v) is 1.29. The highest BCUT2D eigenvalue weighted by Gasteiger charge is 2.41. The maximum atomic E-state index is 13.2. The first-order valence-corrected chi connectivity index (χ1v) is 4.33. The van der Waals surface area contributed by atoms with Crippen molar-refractivity contribution in [2.24, 2.45) is 5.73 Å². The minimum atomic E-state index is -5.45. The molecule has 1 nitrogen and oxygen atoms in total. The molecule has 0 saturated heterocycles. The quantitative estimate of drug-likeness (QED) is 0.494. The van der Waals surface area contributed by atoms with E-state index in [9.17, 15) is 30.7 Å². The Morgan fingerprint density at radius 2 is 1.35 bits per heavy atom. The lowest BCUT2D eigenvalue weighted by molar-refractivity contribution is -0.143. The summed E-state index contributed by atoms with van der Waals surface area (Å²) in [6.07, 6.45) is -6.12. The maximum Gasteiger partial charge on any atom is 0.422 e. The van der Waals surface area contributed by atoms with E-state index in [1.807, 2.05) is 0 Å². The van der Waals surface area contributed by atoms with Gasteiger partial charge in [0.15, 0.2) is 17.5 Å². The standard InChI is InChI=1S/C9H6F7N/c10-5-3(1-2-17)6(11)8(13)7(12)4(5)9(14,15)16/h1-2,17H2. The van der Waals surface area contributed by atoms with Gasteiger partial charge < -0.3 is 5.73 Å². The normalized spacial score (nSPS) is 12.0. The smallest absolute Gasteiger partial charge is 0.330 e. The molecule has 0 atom stereocenters. The second kappa shape index (κ2) is 4.52. The van der Waals surface area contributed by atoms with Crippen molar-refractivity contribution in [3.8, 4) is 0 Å². The van der Waals surface area contributed by atoms with Crippen molar-refractivity contribution >= 4 is 0 Å². The molecule has 0 spiro atoms. The Labute approximate surface area is 91.0 Å². The van der Waals surface area contributed by atoms with E-state index < -0.39 is 53.5 Å². The van der Waals surface area contributed by atoms with Gasteiger partial charge in [-0.15, -0.1) is 0 Å². The monoisotopic (exact) mass is 261 g/mol. The number of benzene rings is 1. The van der Waals surface area contributed by atoms with Crippen molar-refractivity contribution in [1.82, 2.24) is 0 Å². The van der Waals surface area contributed by atoms with E-state index in [1.165, 1.54) is 0 Å². The number of halogens is 7. The summed E-state index contributed by atoms with van der Waals surface area (Å²) in [7, 11) is 0. The third-order valence-corrected chi connectivity index (χ3v) is 2.03. The first kappa shape index (κ1) is 13.8. The minimum Gasteiger partial charge on any atom is -0.330 e. The van der Waals surface area contributed by atoms with Gasteiger partial charge in [-0.1, -0.05) is 0 Å². The molecule has 0 bridgehead atoms. The largest absolute Gasteiger partial charge is 0.422 e. The molecule has 0 amide bonds. The van der Waals surface area contributed by atoms with Crippen LogP contribution in [0.4, 0.5) is 30.7 Å². The van der Waals surface area contributed by atoms with Crippen LogP contribution in [-0.4, -0.2) is 6.54 Å². The Morgan fingerprint density at radius 1 is 0.824 bits per heavy atom. The van der Waals surface area contributed by atoms with Gasteiger partial charge in [-0.3, -0.25) is 0 Å². The summed E-state index contributed by atoms with van der Waals surface area (Å²) in [5.41, 5.74) is 1.26. The van der Waals surface area contributed by atoms with Crippen LogP contribution in [0.2, 0.25) is 0 Å². The van der Waals surface area contributed by atoms with Gasteiger partial charge in [0.25, 0.3) is 0 Å². The molecule has 0 heterocycles. The van der Waals surface area contributed by atoms with E-state index in [0.717, 1.165) is 0 Å². The first-order valence-electron chi connectivity index (χ1n) is 4.33. The summed E-state index contributed by atoms with van der Waals surface area (Å²) in [6.45, 7) is -0.407. The van der Waals surface area contributed by atoms with E-state index in [1.54, 1.807) is 0 Å². The summed E-state index contributed by atoms with van der Waals surface area (Å²) < 4.78 is 88.6. The first-order chi connectivity index (χ1) is 7.71. The molecule has 0 aliphatic rings. The average Bonchev–Trinajstić information content (AvgIpc) is 2.19. The van der Waals surface area contributed by atoms with E-state index in [2.05, 4.69) is 0 Å². The molecule has 0 saturated carbocycles. The van der Waals surface area contributed by atoms with Gasteiger partial charge in [-0.25, -0.2) is 17.6 Å². The Hall–Kier alpha value is -1.31. The lowest BCUT2D eigenvalue weighted by atomic mass is 10.0. The fourth-order valence-electron chi connectivity index (χ4n) is 1.29. The second-order valence-electron chi connectivity index (χ2n) is 3.15. The molecule has 17 heavy (non-hydrogen) atoms. The SMILES string of the molecule is NCCc1c(F)c(F)c(F)c(C(F)(F)F)c1F. The molecular formula is C9H6F7N. The maximum absolute atomic E-state index is 13.2. The topological polar surface area (TPSA) is 26.0 Å². The zero-order chi connectivity index (χ0) is 13.4. The molecule has 0 aliphatic heterocycles. The lowest BCUT2D eigenvalue weighted by Gasteiger charge is -2.13. The third-order valence-electron chi connectivity index (χ3n) is 2.03. The fraction of sp³-hybridized carbons (Fsp3) is 0.333. The summed E-state index contributed by atoms with van der Waals surface area (Å²) >= 11 is 0. The van der Waals surface area contributed by atoms with Crippen molar-refractivity contribution in [2.75, 3.05) is 6.54 Å².